The predicted octanol–water partition coefficient (Wildman–Crippen LogP) is 1.55. The van der Waals surface area contributed by atoms with E-state index in [0.717, 1.165) is 12.8 Å². The number of amides is 1. The molecular formula is C9H15N3O. The second kappa shape index (κ2) is 4.64. The maximum Gasteiger partial charge on any atom is 0.225 e. The molecule has 0 aliphatic carbocycles. The number of anilines is 1. The van der Waals surface area contributed by atoms with Crippen molar-refractivity contribution >= 4 is 11.7 Å². The molecule has 72 valence electrons. The van der Waals surface area contributed by atoms with E-state index >= 15 is 0 Å². The highest BCUT2D eigenvalue weighted by atomic mass is 16.1. The molecule has 4 nitrogen and oxygen atoms in total. The molecule has 0 aliphatic rings. The molecule has 1 heterocycles. The van der Waals surface area contributed by atoms with Crippen LogP contribution in [-0.2, 0) is 11.8 Å². The van der Waals surface area contributed by atoms with E-state index < -0.39 is 0 Å². The fourth-order valence-corrected chi connectivity index (χ4v) is 1.02. The number of unbranched alkanes of at least 4 members (excludes halogenated alkanes) is 1. The standard InChI is InChI=1S/C9H15N3O/c1-3-4-5-9(13)10-8-6-7-12(2)11-8/h6-7H,3-5H2,1-2H3,(H,10,11,13). The summed E-state index contributed by atoms with van der Waals surface area (Å²) in [7, 11) is 1.82. The molecule has 0 fully saturated rings. The van der Waals surface area contributed by atoms with Crippen molar-refractivity contribution in [1.82, 2.24) is 9.78 Å². The number of rotatable bonds is 4. The Bertz CT molecular complexity index is 280. The van der Waals surface area contributed by atoms with Crippen LogP contribution < -0.4 is 5.32 Å². The number of hydrogen-bond acceptors (Lipinski definition) is 2. The van der Waals surface area contributed by atoms with Crippen LogP contribution in [0.4, 0.5) is 5.82 Å². The van der Waals surface area contributed by atoms with Crippen LogP contribution in [0, 0.1) is 0 Å². The molecule has 1 rings (SSSR count). The molecular weight excluding hydrogens is 166 g/mol. The summed E-state index contributed by atoms with van der Waals surface area (Å²) in [5.74, 6) is 0.671. The van der Waals surface area contributed by atoms with E-state index in [9.17, 15) is 4.79 Å². The average molecular weight is 181 g/mol. The summed E-state index contributed by atoms with van der Waals surface area (Å²) in [6.07, 6.45) is 4.34. The van der Waals surface area contributed by atoms with Crippen LogP contribution in [0.5, 0.6) is 0 Å². The molecule has 0 spiro atoms. The minimum absolute atomic E-state index is 0.0422. The second-order valence-corrected chi connectivity index (χ2v) is 3.03. The molecule has 1 amide bonds. The lowest BCUT2D eigenvalue weighted by atomic mass is 10.2. The Balaban J connectivity index is 2.36. The Morgan fingerprint density at radius 2 is 2.46 bits per heavy atom. The van der Waals surface area contributed by atoms with Gasteiger partial charge in [0.05, 0.1) is 0 Å². The van der Waals surface area contributed by atoms with Gasteiger partial charge in [0.25, 0.3) is 0 Å². The largest absolute Gasteiger partial charge is 0.309 e. The molecule has 4 heteroatoms. The number of carbonyl (C=O) groups excluding carboxylic acids is 1. The smallest absolute Gasteiger partial charge is 0.225 e. The Hall–Kier alpha value is -1.32. The SMILES string of the molecule is CCCCC(=O)Nc1ccn(C)n1. The van der Waals surface area contributed by atoms with Gasteiger partial charge in [-0.05, 0) is 6.42 Å². The highest BCUT2D eigenvalue weighted by Crippen LogP contribution is 2.03. The van der Waals surface area contributed by atoms with Crippen LogP contribution in [0.2, 0.25) is 0 Å². The Morgan fingerprint density at radius 3 is 3.00 bits per heavy atom. The first-order valence-electron chi connectivity index (χ1n) is 4.52. The third-order valence-electron chi connectivity index (χ3n) is 1.74. The van der Waals surface area contributed by atoms with Gasteiger partial charge >= 0.3 is 0 Å². The van der Waals surface area contributed by atoms with Gasteiger partial charge in [0.15, 0.2) is 5.82 Å². The molecule has 0 unspecified atom stereocenters. The van der Waals surface area contributed by atoms with E-state index in [1.165, 1.54) is 0 Å². The number of nitrogens with zero attached hydrogens (tertiary/aromatic N) is 2. The van der Waals surface area contributed by atoms with Gasteiger partial charge in [0.2, 0.25) is 5.91 Å². The van der Waals surface area contributed by atoms with Crippen molar-refractivity contribution in [3.8, 4) is 0 Å². The molecule has 0 aromatic carbocycles. The van der Waals surface area contributed by atoms with Gasteiger partial charge in [0.1, 0.15) is 0 Å². The summed E-state index contributed by atoms with van der Waals surface area (Å²) >= 11 is 0. The van der Waals surface area contributed by atoms with Crippen molar-refractivity contribution < 1.29 is 4.79 Å². The van der Waals surface area contributed by atoms with Crippen molar-refractivity contribution in [2.75, 3.05) is 5.32 Å². The summed E-state index contributed by atoms with van der Waals surface area (Å²) < 4.78 is 1.66. The molecule has 0 bridgehead atoms. The minimum Gasteiger partial charge on any atom is -0.309 e. The topological polar surface area (TPSA) is 46.9 Å². The lowest BCUT2D eigenvalue weighted by Gasteiger charge is -1.99. The average Bonchev–Trinajstić information content (AvgIpc) is 2.48. The molecule has 0 saturated carbocycles. The number of aromatic nitrogens is 2. The van der Waals surface area contributed by atoms with Crippen LogP contribution in [0.1, 0.15) is 26.2 Å². The first-order chi connectivity index (χ1) is 6.22. The zero-order valence-corrected chi connectivity index (χ0v) is 8.08. The Kier molecular flexibility index (Phi) is 3.49. The monoisotopic (exact) mass is 181 g/mol. The van der Waals surface area contributed by atoms with Crippen LogP contribution in [0.15, 0.2) is 12.3 Å². The summed E-state index contributed by atoms with van der Waals surface area (Å²) in [6, 6.07) is 1.78. The summed E-state index contributed by atoms with van der Waals surface area (Å²) in [6.45, 7) is 2.06. The normalized spacial score (nSPS) is 10.0. The van der Waals surface area contributed by atoms with Gasteiger partial charge in [-0.25, -0.2) is 0 Å². The summed E-state index contributed by atoms with van der Waals surface area (Å²) in [4.78, 5) is 11.2. The van der Waals surface area contributed by atoms with E-state index in [0.29, 0.717) is 12.2 Å². The number of aryl methyl sites for hydroxylation is 1. The van der Waals surface area contributed by atoms with Crippen LogP contribution in [0.25, 0.3) is 0 Å². The predicted molar refractivity (Wildman–Crippen MR) is 51.4 cm³/mol. The quantitative estimate of drug-likeness (QED) is 0.766. The lowest BCUT2D eigenvalue weighted by molar-refractivity contribution is -0.116. The van der Waals surface area contributed by atoms with Gasteiger partial charge in [0, 0.05) is 25.7 Å². The summed E-state index contributed by atoms with van der Waals surface area (Å²) in [5, 5.41) is 6.77. The summed E-state index contributed by atoms with van der Waals surface area (Å²) in [5.41, 5.74) is 0. The Morgan fingerprint density at radius 1 is 1.69 bits per heavy atom. The van der Waals surface area contributed by atoms with Crippen LogP contribution >= 0.6 is 0 Å². The van der Waals surface area contributed by atoms with Crippen molar-refractivity contribution in [2.24, 2.45) is 7.05 Å². The lowest BCUT2D eigenvalue weighted by Crippen LogP contribution is -2.11. The number of nitrogens with one attached hydrogen (secondary N) is 1. The molecule has 13 heavy (non-hydrogen) atoms. The van der Waals surface area contributed by atoms with Crippen molar-refractivity contribution in [1.29, 1.82) is 0 Å². The molecule has 1 N–H and O–H groups in total. The zero-order valence-electron chi connectivity index (χ0n) is 8.08. The molecule has 1 aromatic heterocycles. The first kappa shape index (κ1) is 9.77. The molecule has 1 aromatic rings. The first-order valence-corrected chi connectivity index (χ1v) is 4.52. The number of carbonyl (C=O) groups is 1. The van der Waals surface area contributed by atoms with Crippen LogP contribution in [-0.4, -0.2) is 15.7 Å². The molecule has 0 saturated heterocycles. The van der Waals surface area contributed by atoms with Gasteiger partial charge in [-0.1, -0.05) is 13.3 Å². The highest BCUT2D eigenvalue weighted by Gasteiger charge is 2.02. The second-order valence-electron chi connectivity index (χ2n) is 3.03. The van der Waals surface area contributed by atoms with E-state index in [4.69, 9.17) is 0 Å². The maximum atomic E-state index is 11.2. The number of hydrogen-bond donors (Lipinski definition) is 1. The third-order valence-corrected chi connectivity index (χ3v) is 1.74. The zero-order chi connectivity index (χ0) is 9.68. The van der Waals surface area contributed by atoms with E-state index in [-0.39, 0.29) is 5.91 Å². The third kappa shape index (κ3) is 3.27. The van der Waals surface area contributed by atoms with E-state index in [2.05, 4.69) is 17.3 Å². The van der Waals surface area contributed by atoms with Crippen molar-refractivity contribution in [3.63, 3.8) is 0 Å². The minimum atomic E-state index is 0.0422. The van der Waals surface area contributed by atoms with Gasteiger partial charge in [-0.3, -0.25) is 9.48 Å². The van der Waals surface area contributed by atoms with Crippen molar-refractivity contribution in [3.05, 3.63) is 12.3 Å². The molecule has 0 atom stereocenters. The highest BCUT2D eigenvalue weighted by molar-refractivity contribution is 5.89. The Labute approximate surface area is 77.9 Å². The van der Waals surface area contributed by atoms with Gasteiger partial charge in [-0.2, -0.15) is 5.10 Å². The van der Waals surface area contributed by atoms with Crippen LogP contribution in [0.3, 0.4) is 0 Å². The van der Waals surface area contributed by atoms with Gasteiger partial charge < -0.3 is 5.32 Å². The molecule has 0 radical (unpaired) electrons. The van der Waals surface area contributed by atoms with E-state index in [1.807, 2.05) is 7.05 Å². The molecule has 0 aliphatic heterocycles. The fraction of sp³-hybridized carbons (Fsp3) is 0.556. The van der Waals surface area contributed by atoms with E-state index in [1.54, 1.807) is 16.9 Å². The maximum absolute atomic E-state index is 11.2. The van der Waals surface area contributed by atoms with Crippen molar-refractivity contribution in [2.45, 2.75) is 26.2 Å². The van der Waals surface area contributed by atoms with Gasteiger partial charge in [-0.15, -0.1) is 0 Å². The fourth-order valence-electron chi connectivity index (χ4n) is 1.02.